The molecular formula is C30H31N5O2S. The molecule has 2 aromatic heterocycles. The molecule has 0 unspecified atom stereocenters. The van der Waals surface area contributed by atoms with E-state index in [0.717, 1.165) is 72.2 Å². The van der Waals surface area contributed by atoms with Gasteiger partial charge in [0.05, 0.1) is 23.8 Å². The summed E-state index contributed by atoms with van der Waals surface area (Å²) in [4.78, 5) is 20.5. The third-order valence-electron chi connectivity index (χ3n) is 7.36. The molecular weight excluding hydrogens is 494 g/mol. The third kappa shape index (κ3) is 5.27. The van der Waals surface area contributed by atoms with Gasteiger partial charge < -0.3 is 15.0 Å². The molecule has 0 radical (unpaired) electrons. The average Bonchev–Trinajstić information content (AvgIpc) is 3.69. The Morgan fingerprint density at radius 1 is 1.11 bits per heavy atom. The number of nitrogens with zero attached hydrogens (tertiary/aromatic N) is 4. The van der Waals surface area contributed by atoms with Crippen molar-refractivity contribution >= 4 is 28.6 Å². The Morgan fingerprint density at radius 3 is 2.74 bits per heavy atom. The highest BCUT2D eigenvalue weighted by atomic mass is 32.1. The summed E-state index contributed by atoms with van der Waals surface area (Å²) in [5, 5.41) is 13.5. The fourth-order valence-electron chi connectivity index (χ4n) is 5.22. The van der Waals surface area contributed by atoms with Crippen LogP contribution in [-0.2, 0) is 0 Å². The number of para-hydroxylation sites is 1. The first kappa shape index (κ1) is 24.6. The normalized spacial score (nSPS) is 17.3. The molecule has 0 spiro atoms. The molecule has 2 fully saturated rings. The zero-order valence-corrected chi connectivity index (χ0v) is 22.3. The lowest BCUT2D eigenvalue weighted by atomic mass is 9.93. The van der Waals surface area contributed by atoms with Gasteiger partial charge in [0.15, 0.2) is 0 Å². The van der Waals surface area contributed by atoms with E-state index in [1.807, 2.05) is 48.5 Å². The number of carbonyl (C=O) groups excluding carboxylic acids is 1. The molecule has 194 valence electrons. The second-order valence-corrected chi connectivity index (χ2v) is 10.9. The first-order valence-corrected chi connectivity index (χ1v) is 14.3. The van der Waals surface area contributed by atoms with Crippen molar-refractivity contribution in [2.75, 3.05) is 23.3 Å². The lowest BCUT2D eigenvalue weighted by molar-refractivity contribution is 0.102. The number of carbonyl (C=O) groups is 1. The largest absolute Gasteiger partial charge is 0.457 e. The van der Waals surface area contributed by atoms with Crippen LogP contribution in [0.4, 0.5) is 11.4 Å². The number of benzene rings is 2. The van der Waals surface area contributed by atoms with Gasteiger partial charge in [-0.05, 0) is 67.9 Å². The van der Waals surface area contributed by atoms with Crippen LogP contribution < -0.4 is 15.0 Å². The lowest BCUT2D eigenvalue weighted by Gasteiger charge is -2.37. The molecule has 7 nitrogen and oxygen atoms in total. The Morgan fingerprint density at radius 2 is 1.97 bits per heavy atom. The van der Waals surface area contributed by atoms with Gasteiger partial charge in [-0.2, -0.15) is 10.2 Å². The summed E-state index contributed by atoms with van der Waals surface area (Å²) in [6, 6.07) is 15.8. The number of ether oxygens (including phenoxy) is 1. The minimum atomic E-state index is -0.210. The predicted molar refractivity (Wildman–Crippen MR) is 151 cm³/mol. The van der Waals surface area contributed by atoms with Crippen molar-refractivity contribution in [1.29, 1.82) is 0 Å². The van der Waals surface area contributed by atoms with Crippen molar-refractivity contribution < 1.29 is 9.53 Å². The van der Waals surface area contributed by atoms with E-state index in [4.69, 9.17) is 4.74 Å². The standard InChI is InChI=1S/C30H31N5O2S/c1-2-20-7-6-16-35(18-20)28-24(33-29(36)25-19-38-30(34-25)22-14-15-31-32-17-22)12-13-26(27(28)21-10-11-21)37-23-8-4-3-5-9-23/h3-5,8-9,12-15,17,19-21H,2,6-7,10-11,16,18H2,1H3,(H,33,36)/t20-/m1/s1. The molecule has 1 atom stereocenters. The third-order valence-corrected chi connectivity index (χ3v) is 8.25. The van der Waals surface area contributed by atoms with Crippen LogP contribution in [-0.4, -0.2) is 34.2 Å². The Kier molecular flexibility index (Phi) is 7.05. The smallest absolute Gasteiger partial charge is 0.275 e. The molecule has 1 saturated heterocycles. The summed E-state index contributed by atoms with van der Waals surface area (Å²) in [6.07, 6.45) is 9.11. The Bertz CT molecular complexity index is 1400. The molecule has 6 rings (SSSR count). The van der Waals surface area contributed by atoms with Crippen LogP contribution in [0.2, 0.25) is 0 Å². The molecule has 1 saturated carbocycles. The number of thiazole rings is 1. The van der Waals surface area contributed by atoms with Gasteiger partial charge in [0.25, 0.3) is 5.91 Å². The number of hydrogen-bond acceptors (Lipinski definition) is 7. The SMILES string of the molecule is CC[C@@H]1CCCN(c2c(NC(=O)c3csc(-c4ccnnc4)n3)ccc(Oc3ccccc3)c2C2CC2)C1. The average molecular weight is 526 g/mol. The Labute approximate surface area is 226 Å². The first-order chi connectivity index (χ1) is 18.7. The van der Waals surface area contributed by atoms with E-state index in [1.165, 1.54) is 23.3 Å². The molecule has 0 bridgehead atoms. The molecule has 4 aromatic rings. The summed E-state index contributed by atoms with van der Waals surface area (Å²) in [7, 11) is 0. The molecule has 1 aliphatic heterocycles. The van der Waals surface area contributed by atoms with E-state index >= 15 is 0 Å². The van der Waals surface area contributed by atoms with Crippen LogP contribution in [0.25, 0.3) is 10.6 Å². The van der Waals surface area contributed by atoms with Gasteiger partial charge in [0, 0.05) is 29.6 Å². The van der Waals surface area contributed by atoms with Crippen LogP contribution in [0.5, 0.6) is 11.5 Å². The molecule has 1 amide bonds. The quantitative estimate of drug-likeness (QED) is 0.263. The first-order valence-electron chi connectivity index (χ1n) is 13.4. The van der Waals surface area contributed by atoms with Crippen molar-refractivity contribution in [2.45, 2.75) is 44.9 Å². The van der Waals surface area contributed by atoms with Crippen molar-refractivity contribution in [2.24, 2.45) is 5.92 Å². The highest BCUT2D eigenvalue weighted by Crippen LogP contribution is 2.52. The monoisotopic (exact) mass is 525 g/mol. The number of hydrogen-bond donors (Lipinski definition) is 1. The molecule has 2 aliphatic rings. The minimum Gasteiger partial charge on any atom is -0.457 e. The van der Waals surface area contributed by atoms with Gasteiger partial charge in [-0.3, -0.25) is 4.79 Å². The van der Waals surface area contributed by atoms with Gasteiger partial charge in [0.1, 0.15) is 22.2 Å². The van der Waals surface area contributed by atoms with Crippen LogP contribution >= 0.6 is 11.3 Å². The van der Waals surface area contributed by atoms with Crippen LogP contribution in [0.1, 0.15) is 61.0 Å². The minimum absolute atomic E-state index is 0.210. The van der Waals surface area contributed by atoms with Gasteiger partial charge in [-0.1, -0.05) is 31.5 Å². The predicted octanol–water partition coefficient (Wildman–Crippen LogP) is 7.15. The fraction of sp³-hybridized carbons (Fsp3) is 0.333. The molecule has 3 heterocycles. The van der Waals surface area contributed by atoms with Crippen molar-refractivity contribution in [3.8, 4) is 22.1 Å². The molecule has 38 heavy (non-hydrogen) atoms. The van der Waals surface area contributed by atoms with E-state index in [9.17, 15) is 4.79 Å². The van der Waals surface area contributed by atoms with E-state index < -0.39 is 0 Å². The Balaban J connectivity index is 1.36. The van der Waals surface area contributed by atoms with Crippen molar-refractivity contribution in [1.82, 2.24) is 15.2 Å². The summed E-state index contributed by atoms with van der Waals surface area (Å²) >= 11 is 1.43. The number of piperidine rings is 1. The maximum Gasteiger partial charge on any atom is 0.275 e. The molecule has 8 heteroatoms. The van der Waals surface area contributed by atoms with E-state index in [1.54, 1.807) is 17.8 Å². The van der Waals surface area contributed by atoms with Crippen LogP contribution in [0.3, 0.4) is 0 Å². The maximum absolute atomic E-state index is 13.4. The molecule has 2 aromatic carbocycles. The topological polar surface area (TPSA) is 80.2 Å². The number of anilines is 2. The fourth-order valence-corrected chi connectivity index (χ4v) is 6.01. The molecule has 1 aliphatic carbocycles. The number of aromatic nitrogens is 3. The van der Waals surface area contributed by atoms with E-state index in [0.29, 0.717) is 17.5 Å². The zero-order valence-electron chi connectivity index (χ0n) is 21.5. The van der Waals surface area contributed by atoms with Crippen molar-refractivity contribution in [3.05, 3.63) is 77.6 Å². The van der Waals surface area contributed by atoms with Crippen LogP contribution in [0, 0.1) is 5.92 Å². The van der Waals surface area contributed by atoms with Crippen LogP contribution in [0.15, 0.2) is 66.3 Å². The number of amides is 1. The molecule has 1 N–H and O–H groups in total. The summed E-state index contributed by atoms with van der Waals surface area (Å²) < 4.78 is 6.43. The highest BCUT2D eigenvalue weighted by molar-refractivity contribution is 7.13. The second-order valence-electron chi connectivity index (χ2n) is 10.0. The second kappa shape index (κ2) is 10.9. The number of rotatable bonds is 8. The summed E-state index contributed by atoms with van der Waals surface area (Å²) in [6.45, 7) is 4.24. The zero-order chi connectivity index (χ0) is 25.9. The van der Waals surface area contributed by atoms with Crippen molar-refractivity contribution in [3.63, 3.8) is 0 Å². The van der Waals surface area contributed by atoms with E-state index in [2.05, 4.69) is 32.3 Å². The Hall–Kier alpha value is -3.78. The van der Waals surface area contributed by atoms with Gasteiger partial charge in [0.2, 0.25) is 0 Å². The highest BCUT2D eigenvalue weighted by Gasteiger charge is 2.35. The maximum atomic E-state index is 13.4. The van der Waals surface area contributed by atoms with Gasteiger partial charge >= 0.3 is 0 Å². The number of nitrogens with one attached hydrogen (secondary N) is 1. The summed E-state index contributed by atoms with van der Waals surface area (Å²) in [5.41, 5.74) is 4.40. The lowest BCUT2D eigenvalue weighted by Crippen LogP contribution is -2.36. The summed E-state index contributed by atoms with van der Waals surface area (Å²) in [5.74, 6) is 2.58. The van der Waals surface area contributed by atoms with E-state index in [-0.39, 0.29) is 5.91 Å². The van der Waals surface area contributed by atoms with Gasteiger partial charge in [-0.15, -0.1) is 11.3 Å². The van der Waals surface area contributed by atoms with Gasteiger partial charge in [-0.25, -0.2) is 4.98 Å².